The Bertz CT molecular complexity index is 746. The fourth-order valence-electron chi connectivity index (χ4n) is 2.19. The second-order valence-electron chi connectivity index (χ2n) is 5.70. The third kappa shape index (κ3) is 5.22. The third-order valence-corrected chi connectivity index (χ3v) is 3.75. The largest absolute Gasteiger partial charge is 0.480 e. The van der Waals surface area contributed by atoms with Crippen LogP contribution < -0.4 is 4.74 Å². The number of aliphatic carboxylic acids is 1. The number of ether oxygens (including phenoxy) is 1. The van der Waals surface area contributed by atoms with E-state index in [2.05, 4.69) is 0 Å². The van der Waals surface area contributed by atoms with Crippen molar-refractivity contribution in [3.63, 3.8) is 0 Å². The number of likely N-dealkylation sites (N-methyl/N-ethyl adjacent to an activating group) is 1. The van der Waals surface area contributed by atoms with Gasteiger partial charge in [-0.25, -0.2) is 0 Å². The van der Waals surface area contributed by atoms with Crippen molar-refractivity contribution in [2.45, 2.75) is 25.7 Å². The van der Waals surface area contributed by atoms with Gasteiger partial charge >= 0.3 is 12.1 Å². The number of carboxylic acids is 1. The molecule has 0 aliphatic carbocycles. The first-order valence-corrected chi connectivity index (χ1v) is 7.54. The average molecular weight is 353 g/mol. The first-order chi connectivity index (χ1) is 11.7. The second-order valence-corrected chi connectivity index (χ2v) is 5.70. The highest BCUT2D eigenvalue weighted by Gasteiger charge is 2.30. The predicted molar refractivity (Wildman–Crippen MR) is 86.5 cm³/mol. The van der Waals surface area contributed by atoms with Crippen molar-refractivity contribution in [2.75, 3.05) is 7.05 Å². The van der Waals surface area contributed by atoms with Crippen LogP contribution in [0.4, 0.5) is 13.2 Å². The van der Waals surface area contributed by atoms with Crippen molar-refractivity contribution < 1.29 is 27.8 Å². The number of benzene rings is 2. The number of halogens is 3. The van der Waals surface area contributed by atoms with Crippen LogP contribution in [0.3, 0.4) is 0 Å². The Hall–Kier alpha value is -2.54. The number of nitrogens with zero attached hydrogens (tertiary/aromatic N) is 1. The zero-order valence-electron chi connectivity index (χ0n) is 13.7. The van der Waals surface area contributed by atoms with Gasteiger partial charge in [-0.1, -0.05) is 18.2 Å². The lowest BCUT2D eigenvalue weighted by molar-refractivity contribution is -0.142. The summed E-state index contributed by atoms with van der Waals surface area (Å²) in [5, 5.41) is 9.01. The fourth-order valence-corrected chi connectivity index (χ4v) is 2.19. The van der Waals surface area contributed by atoms with Crippen LogP contribution in [0.25, 0.3) is 0 Å². The zero-order valence-corrected chi connectivity index (χ0v) is 13.7. The van der Waals surface area contributed by atoms with Crippen LogP contribution in [0.1, 0.15) is 18.1 Å². The molecule has 1 atom stereocenters. The van der Waals surface area contributed by atoms with E-state index in [0.29, 0.717) is 12.3 Å². The van der Waals surface area contributed by atoms with E-state index >= 15 is 0 Å². The molecule has 2 rings (SSSR count). The molecule has 0 spiro atoms. The fraction of sp³-hybridized carbons (Fsp3) is 0.278. The van der Waals surface area contributed by atoms with Crippen LogP contribution in [0.5, 0.6) is 11.5 Å². The van der Waals surface area contributed by atoms with Crippen LogP contribution >= 0.6 is 0 Å². The van der Waals surface area contributed by atoms with Gasteiger partial charge < -0.3 is 9.84 Å². The molecule has 7 heteroatoms. The molecule has 0 fully saturated rings. The highest BCUT2D eigenvalue weighted by atomic mass is 19.4. The standard InChI is InChI=1S/C18H18F3NO3/c1-12(17(23)24)22(2)11-13-5-3-7-15(9-13)25-16-8-4-6-14(10-16)18(19,20)21/h3-10,12H,11H2,1-2H3,(H,23,24). The van der Waals surface area contributed by atoms with Gasteiger partial charge in [-0.3, -0.25) is 9.69 Å². The topological polar surface area (TPSA) is 49.8 Å². The van der Waals surface area contributed by atoms with Gasteiger partial charge in [0.15, 0.2) is 0 Å². The molecule has 1 unspecified atom stereocenters. The molecule has 0 bridgehead atoms. The Labute approximate surface area is 143 Å². The van der Waals surface area contributed by atoms with Gasteiger partial charge in [0, 0.05) is 6.54 Å². The van der Waals surface area contributed by atoms with E-state index in [9.17, 15) is 18.0 Å². The number of alkyl halides is 3. The molecular weight excluding hydrogens is 335 g/mol. The van der Waals surface area contributed by atoms with E-state index in [1.54, 1.807) is 43.1 Å². The maximum absolute atomic E-state index is 12.7. The van der Waals surface area contributed by atoms with E-state index in [0.717, 1.165) is 17.7 Å². The molecule has 0 saturated heterocycles. The molecule has 0 heterocycles. The van der Waals surface area contributed by atoms with E-state index < -0.39 is 23.8 Å². The van der Waals surface area contributed by atoms with Gasteiger partial charge in [0.25, 0.3) is 0 Å². The normalized spacial score (nSPS) is 12.9. The third-order valence-electron chi connectivity index (χ3n) is 3.75. The molecule has 0 radical (unpaired) electrons. The molecule has 2 aromatic carbocycles. The van der Waals surface area contributed by atoms with Crippen molar-refractivity contribution in [3.8, 4) is 11.5 Å². The molecule has 0 aromatic heterocycles. The predicted octanol–water partition coefficient (Wildman–Crippen LogP) is 4.40. The Kier molecular flexibility index (Phi) is 5.69. The summed E-state index contributed by atoms with van der Waals surface area (Å²) in [6.07, 6.45) is -4.43. The minimum atomic E-state index is -4.43. The van der Waals surface area contributed by atoms with E-state index in [1.165, 1.54) is 12.1 Å². The van der Waals surface area contributed by atoms with Crippen molar-refractivity contribution in [1.82, 2.24) is 4.90 Å². The molecule has 0 amide bonds. The summed E-state index contributed by atoms with van der Waals surface area (Å²) < 4.78 is 43.7. The molecule has 1 N–H and O–H groups in total. The molecule has 4 nitrogen and oxygen atoms in total. The minimum Gasteiger partial charge on any atom is -0.480 e. The number of hydrogen-bond acceptors (Lipinski definition) is 3. The van der Waals surface area contributed by atoms with Crippen molar-refractivity contribution in [3.05, 3.63) is 59.7 Å². The summed E-state index contributed by atoms with van der Waals surface area (Å²) in [4.78, 5) is 12.6. The van der Waals surface area contributed by atoms with Gasteiger partial charge in [0.1, 0.15) is 17.5 Å². The number of carbonyl (C=O) groups is 1. The second kappa shape index (κ2) is 7.57. The molecule has 134 valence electrons. The van der Waals surface area contributed by atoms with E-state index in [-0.39, 0.29) is 5.75 Å². The van der Waals surface area contributed by atoms with Gasteiger partial charge in [-0.15, -0.1) is 0 Å². The Morgan fingerprint density at radius 2 is 1.76 bits per heavy atom. The minimum absolute atomic E-state index is 0.0826. The van der Waals surface area contributed by atoms with E-state index in [1.807, 2.05) is 0 Å². The van der Waals surface area contributed by atoms with Gasteiger partial charge in [-0.05, 0) is 49.9 Å². The summed E-state index contributed by atoms with van der Waals surface area (Å²) in [5.74, 6) is -0.466. The average Bonchev–Trinajstić information content (AvgIpc) is 2.53. The Morgan fingerprint density at radius 3 is 2.36 bits per heavy atom. The summed E-state index contributed by atoms with van der Waals surface area (Å²) in [6.45, 7) is 1.94. The summed E-state index contributed by atoms with van der Waals surface area (Å²) in [7, 11) is 1.68. The number of carboxylic acid groups (broad SMARTS) is 1. The van der Waals surface area contributed by atoms with Crippen molar-refractivity contribution in [2.24, 2.45) is 0 Å². The zero-order chi connectivity index (χ0) is 18.6. The van der Waals surface area contributed by atoms with E-state index in [4.69, 9.17) is 9.84 Å². The van der Waals surface area contributed by atoms with Crippen LogP contribution in [0, 0.1) is 0 Å². The van der Waals surface area contributed by atoms with Gasteiger partial charge in [0.2, 0.25) is 0 Å². The maximum Gasteiger partial charge on any atom is 0.416 e. The molecule has 0 aliphatic rings. The summed E-state index contributed by atoms with van der Waals surface area (Å²) >= 11 is 0. The van der Waals surface area contributed by atoms with Crippen LogP contribution in [-0.4, -0.2) is 29.1 Å². The van der Waals surface area contributed by atoms with Gasteiger partial charge in [0.05, 0.1) is 5.56 Å². The van der Waals surface area contributed by atoms with Crippen molar-refractivity contribution >= 4 is 5.97 Å². The molecule has 0 saturated carbocycles. The molecule has 2 aromatic rings. The lowest BCUT2D eigenvalue weighted by Crippen LogP contribution is -2.35. The van der Waals surface area contributed by atoms with Crippen molar-refractivity contribution in [1.29, 1.82) is 0 Å². The Balaban J connectivity index is 2.13. The lowest BCUT2D eigenvalue weighted by atomic mass is 10.1. The van der Waals surface area contributed by atoms with Crippen LogP contribution in [0.2, 0.25) is 0 Å². The molecular formula is C18H18F3NO3. The molecule has 25 heavy (non-hydrogen) atoms. The quantitative estimate of drug-likeness (QED) is 0.836. The summed E-state index contributed by atoms with van der Waals surface area (Å²) in [5.41, 5.74) is 0.0104. The first kappa shape index (κ1) is 18.8. The SMILES string of the molecule is CC(C(=O)O)N(C)Cc1cccc(Oc2cccc(C(F)(F)F)c2)c1. The smallest absolute Gasteiger partial charge is 0.416 e. The number of hydrogen-bond donors (Lipinski definition) is 1. The summed E-state index contributed by atoms with van der Waals surface area (Å²) in [6, 6.07) is 10.8. The lowest BCUT2D eigenvalue weighted by Gasteiger charge is -2.21. The first-order valence-electron chi connectivity index (χ1n) is 7.54. The Morgan fingerprint density at radius 1 is 1.16 bits per heavy atom. The molecule has 0 aliphatic heterocycles. The highest BCUT2D eigenvalue weighted by molar-refractivity contribution is 5.72. The monoisotopic (exact) mass is 353 g/mol. The highest BCUT2D eigenvalue weighted by Crippen LogP contribution is 2.32. The number of rotatable bonds is 6. The maximum atomic E-state index is 12.7. The van der Waals surface area contributed by atoms with Gasteiger partial charge in [-0.2, -0.15) is 13.2 Å². The van der Waals surface area contributed by atoms with Crippen LogP contribution in [-0.2, 0) is 17.5 Å². The van der Waals surface area contributed by atoms with Crippen LogP contribution in [0.15, 0.2) is 48.5 Å².